The van der Waals surface area contributed by atoms with E-state index >= 15 is 0 Å². The fraction of sp³-hybridized carbons (Fsp3) is 0.500. The zero-order valence-electron chi connectivity index (χ0n) is 9.91. The highest BCUT2D eigenvalue weighted by Crippen LogP contribution is 2.21. The van der Waals surface area contributed by atoms with Gasteiger partial charge in [0.2, 0.25) is 5.78 Å². The lowest BCUT2D eigenvalue weighted by molar-refractivity contribution is 0.103. The Labute approximate surface area is 97.0 Å². The van der Waals surface area contributed by atoms with E-state index in [1.54, 1.807) is 0 Å². The van der Waals surface area contributed by atoms with E-state index in [1.165, 1.54) is 25.7 Å². The molecule has 0 unspecified atom stereocenters. The van der Waals surface area contributed by atoms with Crippen molar-refractivity contribution in [3.05, 3.63) is 35.7 Å². The average Bonchev–Trinajstić information content (AvgIpc) is 2.83. The van der Waals surface area contributed by atoms with Crippen LogP contribution in [0, 0.1) is 0 Å². The van der Waals surface area contributed by atoms with Gasteiger partial charge in [-0.1, -0.05) is 32.3 Å². The summed E-state index contributed by atoms with van der Waals surface area (Å²) >= 11 is 0. The quantitative estimate of drug-likeness (QED) is 0.546. The Balaban J connectivity index is 1.86. The Hall–Kier alpha value is -1.31. The molecule has 2 rings (SSSR count). The lowest BCUT2D eigenvalue weighted by Crippen LogP contribution is -1.94. The SMILES string of the molecule is CCCCCC/C=C1\Cn2cccc2C1=O. The molecular formula is C14H19NO. The molecule has 1 aliphatic heterocycles. The zero-order chi connectivity index (χ0) is 11.4. The fourth-order valence-electron chi connectivity index (χ4n) is 2.18. The van der Waals surface area contributed by atoms with Crippen molar-refractivity contribution in [2.75, 3.05) is 0 Å². The molecule has 0 radical (unpaired) electrons. The van der Waals surface area contributed by atoms with E-state index in [4.69, 9.17) is 0 Å². The van der Waals surface area contributed by atoms with Crippen LogP contribution in [0.5, 0.6) is 0 Å². The summed E-state index contributed by atoms with van der Waals surface area (Å²) in [4.78, 5) is 11.9. The molecule has 1 aromatic heterocycles. The highest BCUT2D eigenvalue weighted by molar-refractivity contribution is 6.09. The molecular weight excluding hydrogens is 198 g/mol. The number of hydrogen-bond donors (Lipinski definition) is 0. The van der Waals surface area contributed by atoms with Gasteiger partial charge in [-0.05, 0) is 25.0 Å². The van der Waals surface area contributed by atoms with Gasteiger partial charge in [0.25, 0.3) is 0 Å². The standard InChI is InChI=1S/C14H19NO/c1-2-3-4-5-6-8-12-11-15-10-7-9-13(15)14(12)16/h7-10H,2-6,11H2,1H3/b12-8+. The number of rotatable bonds is 5. The first-order chi connectivity index (χ1) is 7.83. The second kappa shape index (κ2) is 5.15. The molecule has 0 amide bonds. The highest BCUT2D eigenvalue weighted by Gasteiger charge is 2.23. The van der Waals surface area contributed by atoms with Crippen molar-refractivity contribution >= 4 is 5.78 Å². The topological polar surface area (TPSA) is 22.0 Å². The normalized spacial score (nSPS) is 17.1. The first-order valence-electron chi connectivity index (χ1n) is 6.22. The van der Waals surface area contributed by atoms with Crippen LogP contribution in [0.1, 0.15) is 49.5 Å². The van der Waals surface area contributed by atoms with Gasteiger partial charge in [0.05, 0.1) is 12.2 Å². The Morgan fingerprint density at radius 3 is 3.00 bits per heavy atom. The third-order valence-electron chi connectivity index (χ3n) is 3.14. The third-order valence-corrected chi connectivity index (χ3v) is 3.14. The van der Waals surface area contributed by atoms with Gasteiger partial charge >= 0.3 is 0 Å². The molecule has 0 N–H and O–H groups in total. The summed E-state index contributed by atoms with van der Waals surface area (Å²) in [5.74, 6) is 0.223. The summed E-state index contributed by atoms with van der Waals surface area (Å²) in [6, 6.07) is 3.84. The minimum absolute atomic E-state index is 0.223. The summed E-state index contributed by atoms with van der Waals surface area (Å²) in [7, 11) is 0. The molecule has 0 spiro atoms. The molecule has 86 valence electrons. The maximum absolute atomic E-state index is 11.9. The van der Waals surface area contributed by atoms with Gasteiger partial charge in [0.1, 0.15) is 0 Å². The molecule has 2 heterocycles. The molecule has 2 nitrogen and oxygen atoms in total. The van der Waals surface area contributed by atoms with Crippen LogP contribution in [-0.2, 0) is 6.54 Å². The third kappa shape index (κ3) is 2.26. The van der Waals surface area contributed by atoms with Crippen molar-refractivity contribution in [2.24, 2.45) is 0 Å². The summed E-state index contributed by atoms with van der Waals surface area (Å²) in [5, 5.41) is 0. The second-order valence-corrected chi connectivity index (χ2v) is 4.43. The van der Waals surface area contributed by atoms with Crippen LogP contribution in [0.3, 0.4) is 0 Å². The molecule has 0 aliphatic carbocycles. The number of Topliss-reactive ketones (excluding diaryl/α,β-unsaturated/α-hetero) is 1. The summed E-state index contributed by atoms with van der Waals surface area (Å²) in [5.41, 5.74) is 1.83. The molecule has 0 aromatic carbocycles. The van der Waals surface area contributed by atoms with Crippen LogP contribution in [-0.4, -0.2) is 10.4 Å². The highest BCUT2D eigenvalue weighted by atomic mass is 16.1. The number of carbonyl (C=O) groups excluding carboxylic acids is 1. The van der Waals surface area contributed by atoms with Crippen molar-refractivity contribution in [1.29, 1.82) is 0 Å². The average molecular weight is 217 g/mol. The van der Waals surface area contributed by atoms with Crippen LogP contribution < -0.4 is 0 Å². The van der Waals surface area contributed by atoms with Gasteiger partial charge in [0, 0.05) is 11.8 Å². The molecule has 0 saturated heterocycles. The number of carbonyl (C=O) groups is 1. The Morgan fingerprint density at radius 1 is 1.38 bits per heavy atom. The van der Waals surface area contributed by atoms with Crippen LogP contribution >= 0.6 is 0 Å². The van der Waals surface area contributed by atoms with Gasteiger partial charge in [-0.2, -0.15) is 0 Å². The van der Waals surface area contributed by atoms with Crippen molar-refractivity contribution in [3.8, 4) is 0 Å². The van der Waals surface area contributed by atoms with Crippen LogP contribution in [0.15, 0.2) is 30.0 Å². The van der Waals surface area contributed by atoms with Gasteiger partial charge in [-0.15, -0.1) is 0 Å². The lowest BCUT2D eigenvalue weighted by Gasteiger charge is -1.97. The predicted octanol–water partition coefficient (Wildman–Crippen LogP) is 3.58. The molecule has 0 saturated carbocycles. The molecule has 0 atom stereocenters. The van der Waals surface area contributed by atoms with Crippen molar-refractivity contribution in [1.82, 2.24) is 4.57 Å². The van der Waals surface area contributed by atoms with Crippen LogP contribution in [0.4, 0.5) is 0 Å². The largest absolute Gasteiger partial charge is 0.340 e. The minimum Gasteiger partial charge on any atom is -0.340 e. The fourth-order valence-corrected chi connectivity index (χ4v) is 2.18. The van der Waals surface area contributed by atoms with E-state index in [0.29, 0.717) is 0 Å². The van der Waals surface area contributed by atoms with Crippen molar-refractivity contribution in [3.63, 3.8) is 0 Å². The van der Waals surface area contributed by atoms with E-state index in [0.717, 1.165) is 24.2 Å². The first kappa shape index (κ1) is 11.2. The maximum atomic E-state index is 11.9. The molecule has 16 heavy (non-hydrogen) atoms. The molecule has 1 aromatic rings. The summed E-state index contributed by atoms with van der Waals surface area (Å²) in [6.07, 6.45) is 10.2. The van der Waals surface area contributed by atoms with E-state index < -0.39 is 0 Å². The number of hydrogen-bond acceptors (Lipinski definition) is 1. The molecule has 0 bridgehead atoms. The van der Waals surface area contributed by atoms with Gasteiger partial charge in [-0.3, -0.25) is 4.79 Å². The van der Waals surface area contributed by atoms with Crippen molar-refractivity contribution < 1.29 is 4.79 Å². The van der Waals surface area contributed by atoms with Crippen LogP contribution in [0.25, 0.3) is 0 Å². The monoisotopic (exact) mass is 217 g/mol. The summed E-state index contributed by atoms with van der Waals surface area (Å²) in [6.45, 7) is 2.99. The number of nitrogens with zero attached hydrogens (tertiary/aromatic N) is 1. The Kier molecular flexibility index (Phi) is 3.60. The number of ketones is 1. The number of allylic oxidation sites excluding steroid dienone is 2. The molecule has 0 fully saturated rings. The maximum Gasteiger partial charge on any atom is 0.206 e. The lowest BCUT2D eigenvalue weighted by atomic mass is 10.1. The predicted molar refractivity (Wildman–Crippen MR) is 65.6 cm³/mol. The van der Waals surface area contributed by atoms with E-state index in [9.17, 15) is 4.79 Å². The summed E-state index contributed by atoms with van der Waals surface area (Å²) < 4.78 is 2.03. The smallest absolute Gasteiger partial charge is 0.206 e. The van der Waals surface area contributed by atoms with Crippen LogP contribution in [0.2, 0.25) is 0 Å². The second-order valence-electron chi connectivity index (χ2n) is 4.43. The number of unbranched alkanes of at least 4 members (excludes halogenated alkanes) is 4. The minimum atomic E-state index is 0.223. The van der Waals surface area contributed by atoms with E-state index in [-0.39, 0.29) is 5.78 Å². The van der Waals surface area contributed by atoms with Gasteiger partial charge in [0.15, 0.2) is 0 Å². The zero-order valence-corrected chi connectivity index (χ0v) is 9.91. The van der Waals surface area contributed by atoms with Gasteiger partial charge < -0.3 is 4.57 Å². The van der Waals surface area contributed by atoms with E-state index in [1.807, 2.05) is 22.9 Å². The van der Waals surface area contributed by atoms with E-state index in [2.05, 4.69) is 13.0 Å². The van der Waals surface area contributed by atoms with Crippen molar-refractivity contribution in [2.45, 2.75) is 45.6 Å². The Morgan fingerprint density at radius 2 is 2.25 bits per heavy atom. The first-order valence-corrected chi connectivity index (χ1v) is 6.22. The van der Waals surface area contributed by atoms with Gasteiger partial charge in [-0.25, -0.2) is 0 Å². The number of aromatic nitrogens is 1. The number of fused-ring (bicyclic) bond motifs is 1. The Bertz CT molecular complexity index is 401. The molecule has 2 heteroatoms. The molecule has 1 aliphatic rings.